The molecule has 0 saturated heterocycles. The van der Waals surface area contributed by atoms with Gasteiger partial charge >= 0.3 is 0 Å². The number of non-ortho nitro benzene ring substituents is 1. The van der Waals surface area contributed by atoms with Crippen LogP contribution >= 0.6 is 34.8 Å². The van der Waals surface area contributed by atoms with E-state index < -0.39 is 14.9 Å². The van der Waals surface area contributed by atoms with Gasteiger partial charge in [0, 0.05) is 19.2 Å². The smallest absolute Gasteiger partial charge is 0.269 e. The van der Waals surface area contributed by atoms with Crippen molar-refractivity contribution in [3.63, 3.8) is 0 Å². The Morgan fingerprint density at radius 3 is 2.03 bits per heavy atom. The number of nitrogens with zero attached hydrogens (tertiary/aromatic N) is 2. The topological polar surface area (TPSA) is 89.8 Å². The van der Waals surface area contributed by atoms with Gasteiger partial charge in [-0.25, -0.2) is 8.42 Å². The first-order valence-corrected chi connectivity index (χ1v) is 10.8. The van der Waals surface area contributed by atoms with Crippen molar-refractivity contribution in [2.75, 3.05) is 11.4 Å². The number of nitro benzene ring substituents is 1. The van der Waals surface area contributed by atoms with Crippen molar-refractivity contribution in [1.82, 2.24) is 0 Å². The van der Waals surface area contributed by atoms with Crippen molar-refractivity contribution < 1.29 is 18.1 Å². The molecular formula is C19H13Cl3N2O5S. The number of anilines is 1. The van der Waals surface area contributed by atoms with Gasteiger partial charge < -0.3 is 4.74 Å². The van der Waals surface area contributed by atoms with Crippen LogP contribution in [0, 0.1) is 10.1 Å². The molecule has 0 N–H and O–H groups in total. The number of hydrogen-bond donors (Lipinski definition) is 0. The number of benzene rings is 3. The van der Waals surface area contributed by atoms with E-state index in [9.17, 15) is 18.5 Å². The molecule has 7 nitrogen and oxygen atoms in total. The molecule has 0 atom stereocenters. The summed E-state index contributed by atoms with van der Waals surface area (Å²) in [5.74, 6) is 0.366. The molecule has 30 heavy (non-hydrogen) atoms. The van der Waals surface area contributed by atoms with E-state index in [0.29, 0.717) is 10.8 Å². The Labute approximate surface area is 187 Å². The van der Waals surface area contributed by atoms with Gasteiger partial charge in [0.2, 0.25) is 0 Å². The van der Waals surface area contributed by atoms with Crippen LogP contribution in [0.25, 0.3) is 0 Å². The van der Waals surface area contributed by atoms with E-state index in [4.69, 9.17) is 39.5 Å². The lowest BCUT2D eigenvalue weighted by Gasteiger charge is -2.20. The summed E-state index contributed by atoms with van der Waals surface area (Å²) in [6.07, 6.45) is 0. The molecule has 0 bridgehead atoms. The molecule has 0 aliphatic heterocycles. The van der Waals surface area contributed by atoms with E-state index in [0.717, 1.165) is 4.31 Å². The summed E-state index contributed by atoms with van der Waals surface area (Å²) in [5, 5.41) is 11.1. The summed E-state index contributed by atoms with van der Waals surface area (Å²) in [6, 6.07) is 14.2. The molecule has 0 fully saturated rings. The van der Waals surface area contributed by atoms with Crippen LogP contribution in [0.1, 0.15) is 0 Å². The number of halogens is 3. The Hall–Kier alpha value is -2.52. The number of para-hydroxylation sites is 1. The summed E-state index contributed by atoms with van der Waals surface area (Å²) in [4.78, 5) is 10.0. The first-order chi connectivity index (χ1) is 14.1. The van der Waals surface area contributed by atoms with Crippen LogP contribution in [0.3, 0.4) is 0 Å². The highest BCUT2D eigenvalue weighted by molar-refractivity contribution is 7.92. The first kappa shape index (κ1) is 22.2. The van der Waals surface area contributed by atoms with E-state index in [2.05, 4.69) is 0 Å². The van der Waals surface area contributed by atoms with E-state index in [-0.39, 0.29) is 32.1 Å². The Morgan fingerprint density at radius 2 is 1.50 bits per heavy atom. The zero-order valence-corrected chi connectivity index (χ0v) is 18.3. The molecule has 0 heterocycles. The Morgan fingerprint density at radius 1 is 0.933 bits per heavy atom. The van der Waals surface area contributed by atoms with Crippen molar-refractivity contribution in [1.29, 1.82) is 0 Å². The highest BCUT2D eigenvalue weighted by atomic mass is 35.5. The maximum atomic E-state index is 13.0. The number of ether oxygens (including phenoxy) is 1. The van der Waals surface area contributed by atoms with Crippen LogP contribution in [-0.2, 0) is 10.0 Å². The fourth-order valence-corrected chi connectivity index (χ4v) is 4.62. The van der Waals surface area contributed by atoms with Gasteiger partial charge in [0.05, 0.1) is 30.6 Å². The highest BCUT2D eigenvalue weighted by Crippen LogP contribution is 2.41. The lowest BCUT2D eigenvalue weighted by molar-refractivity contribution is -0.384. The van der Waals surface area contributed by atoms with Gasteiger partial charge in [-0.1, -0.05) is 46.9 Å². The van der Waals surface area contributed by atoms with E-state index in [1.807, 2.05) is 0 Å². The zero-order valence-electron chi connectivity index (χ0n) is 15.3. The fourth-order valence-electron chi connectivity index (χ4n) is 2.50. The van der Waals surface area contributed by atoms with Crippen LogP contribution in [0.5, 0.6) is 11.5 Å². The van der Waals surface area contributed by atoms with Crippen LogP contribution in [-0.4, -0.2) is 20.4 Å². The number of hydrogen-bond acceptors (Lipinski definition) is 5. The Kier molecular flexibility index (Phi) is 6.42. The second-order valence-electron chi connectivity index (χ2n) is 5.99. The van der Waals surface area contributed by atoms with Gasteiger partial charge in [0.1, 0.15) is 5.75 Å². The molecule has 0 aromatic heterocycles. The summed E-state index contributed by atoms with van der Waals surface area (Å²) in [7, 11) is -2.74. The first-order valence-electron chi connectivity index (χ1n) is 8.26. The molecule has 156 valence electrons. The molecule has 0 saturated carbocycles. The van der Waals surface area contributed by atoms with Crippen molar-refractivity contribution in [2.24, 2.45) is 0 Å². The highest BCUT2D eigenvalue weighted by Gasteiger charge is 2.25. The largest absolute Gasteiger partial charge is 0.453 e. The summed E-state index contributed by atoms with van der Waals surface area (Å²) in [5.41, 5.74) is 0.0703. The van der Waals surface area contributed by atoms with E-state index >= 15 is 0 Å². The molecule has 0 aliphatic rings. The van der Waals surface area contributed by atoms with Crippen LogP contribution in [0.2, 0.25) is 15.1 Å². The summed E-state index contributed by atoms with van der Waals surface area (Å²) in [6.45, 7) is 0. The van der Waals surface area contributed by atoms with Crippen LogP contribution < -0.4 is 9.04 Å². The SMILES string of the molecule is CN(c1ccc([N+](=O)[O-])cc1)S(=O)(=O)c1cc(Cl)c(Oc2ccccc2Cl)c(Cl)c1. The average molecular weight is 488 g/mol. The monoisotopic (exact) mass is 486 g/mol. The average Bonchev–Trinajstić information content (AvgIpc) is 2.71. The zero-order chi connectivity index (χ0) is 22.1. The van der Waals surface area contributed by atoms with Gasteiger partial charge in [-0.2, -0.15) is 0 Å². The lowest BCUT2D eigenvalue weighted by Crippen LogP contribution is -2.26. The molecule has 0 spiro atoms. The molecular weight excluding hydrogens is 475 g/mol. The standard InChI is InChI=1S/C19H13Cl3N2O5S/c1-23(12-6-8-13(9-7-12)24(25)26)30(27,28)14-10-16(21)19(17(22)11-14)29-18-5-3-2-4-15(18)20/h2-11H,1H3. The minimum atomic E-state index is -4.05. The van der Waals surface area contributed by atoms with Crippen molar-refractivity contribution in [2.45, 2.75) is 4.90 Å². The number of sulfonamides is 1. The Bertz CT molecular complexity index is 1190. The van der Waals surface area contributed by atoms with Crippen molar-refractivity contribution >= 4 is 56.2 Å². The third kappa shape index (κ3) is 4.46. The van der Waals surface area contributed by atoms with Crippen molar-refractivity contribution in [3.8, 4) is 11.5 Å². The fraction of sp³-hybridized carbons (Fsp3) is 0.0526. The normalized spacial score (nSPS) is 11.2. The molecule has 0 amide bonds. The van der Waals surface area contributed by atoms with Gasteiger partial charge in [0.15, 0.2) is 5.75 Å². The quantitative estimate of drug-likeness (QED) is 0.306. The molecule has 0 radical (unpaired) electrons. The predicted octanol–water partition coefficient (Wildman–Crippen LogP) is 6.17. The molecule has 0 aliphatic carbocycles. The maximum Gasteiger partial charge on any atom is 0.269 e. The molecule has 3 aromatic rings. The minimum absolute atomic E-state index is 0.0295. The second-order valence-corrected chi connectivity index (χ2v) is 9.19. The maximum absolute atomic E-state index is 13.0. The third-order valence-electron chi connectivity index (χ3n) is 4.10. The summed E-state index contributed by atoms with van der Waals surface area (Å²) >= 11 is 18.5. The van der Waals surface area contributed by atoms with Gasteiger partial charge in [-0.15, -0.1) is 0 Å². The van der Waals surface area contributed by atoms with Crippen molar-refractivity contribution in [3.05, 3.63) is 85.8 Å². The Balaban J connectivity index is 1.94. The van der Waals surface area contributed by atoms with Gasteiger partial charge in [-0.3, -0.25) is 14.4 Å². The predicted molar refractivity (Wildman–Crippen MR) is 117 cm³/mol. The molecule has 0 unspecified atom stereocenters. The van der Waals surface area contributed by atoms with Crippen LogP contribution in [0.4, 0.5) is 11.4 Å². The van der Waals surface area contributed by atoms with Crippen LogP contribution in [0.15, 0.2) is 65.6 Å². The number of rotatable bonds is 6. The second kappa shape index (κ2) is 8.69. The molecule has 3 aromatic carbocycles. The third-order valence-corrected chi connectivity index (χ3v) is 6.74. The van der Waals surface area contributed by atoms with Gasteiger partial charge in [-0.05, 0) is 36.4 Å². The molecule has 11 heteroatoms. The minimum Gasteiger partial charge on any atom is -0.453 e. The van der Waals surface area contributed by atoms with E-state index in [1.165, 1.54) is 43.4 Å². The number of nitro groups is 1. The molecule has 3 rings (SSSR count). The van der Waals surface area contributed by atoms with E-state index in [1.54, 1.807) is 24.3 Å². The lowest BCUT2D eigenvalue weighted by atomic mass is 10.3. The summed E-state index contributed by atoms with van der Waals surface area (Å²) < 4.78 is 32.6. The van der Waals surface area contributed by atoms with Gasteiger partial charge in [0.25, 0.3) is 15.7 Å².